The van der Waals surface area contributed by atoms with Crippen molar-refractivity contribution in [3.8, 4) is 79.7 Å². The zero-order valence-electron chi connectivity index (χ0n) is 27.8. The third kappa shape index (κ3) is 10.4. The molecule has 0 amide bonds. The summed E-state index contributed by atoms with van der Waals surface area (Å²) in [5, 5.41) is 14.6. The predicted octanol–water partition coefficient (Wildman–Crippen LogP) is 3.12. The van der Waals surface area contributed by atoms with Crippen LogP contribution in [0.1, 0.15) is 13.8 Å². The van der Waals surface area contributed by atoms with Crippen molar-refractivity contribution in [2.24, 2.45) is 0 Å². The smallest absolute Gasteiger partial charge is 1.00 e. The molecule has 0 bridgehead atoms. The second-order valence-electron chi connectivity index (χ2n) is 9.99. The predicted molar refractivity (Wildman–Crippen MR) is 188 cm³/mol. The third-order valence-electron chi connectivity index (χ3n) is 7.03. The molecule has 7 aromatic rings. The third-order valence-corrected chi connectivity index (χ3v) is 7.03. The normalized spacial score (nSPS) is 9.08. The van der Waals surface area contributed by atoms with Crippen molar-refractivity contribution in [2.75, 3.05) is 0 Å². The van der Waals surface area contributed by atoms with E-state index in [2.05, 4.69) is 0 Å². The van der Waals surface area contributed by atoms with Crippen LogP contribution in [0.5, 0.6) is 0 Å². The Hall–Kier alpha value is -5.28. The van der Waals surface area contributed by atoms with Crippen molar-refractivity contribution in [1.82, 2.24) is 29.9 Å². The maximum atomic E-state index is 7.32. The van der Waals surface area contributed by atoms with Gasteiger partial charge in [-0.15, -0.1) is 0 Å². The van der Waals surface area contributed by atoms with E-state index in [0.29, 0.717) is 0 Å². The number of pyridine rings is 6. The molecule has 8 nitrogen and oxygen atoms in total. The first-order valence-electron chi connectivity index (χ1n) is 15.1. The van der Waals surface area contributed by atoms with Gasteiger partial charge in [0.05, 0.1) is 46.3 Å². The number of halogens is 2. The summed E-state index contributed by atoms with van der Waals surface area (Å²) < 4.78 is 0. The van der Waals surface area contributed by atoms with Gasteiger partial charge in [0.2, 0.25) is 0 Å². The monoisotopic (exact) mass is 818 g/mol. The molecular weight excluding hydrogens is 790 g/mol. The average Bonchev–Trinajstić information content (AvgIpc) is 3.16. The van der Waals surface area contributed by atoms with Gasteiger partial charge in [-0.3, -0.25) is 29.9 Å². The van der Waals surface area contributed by atoms with Crippen LogP contribution in [0, 0.1) is 22.7 Å². The minimum Gasteiger partial charge on any atom is -1.00 e. The molecule has 0 unspecified atom stereocenters. The zero-order chi connectivity index (χ0) is 33.6. The van der Waals surface area contributed by atoms with Crippen molar-refractivity contribution >= 4 is 0 Å². The summed E-state index contributed by atoms with van der Waals surface area (Å²) in [7, 11) is 0. The van der Waals surface area contributed by atoms with Crippen LogP contribution in [0.3, 0.4) is 0 Å². The first kappa shape index (κ1) is 44.7. The maximum Gasteiger partial charge on any atom is 1.00 e. The molecule has 266 valence electrons. The van der Waals surface area contributed by atoms with Crippen LogP contribution in [0.25, 0.3) is 67.5 Å². The number of nitrogens with zero attached hydrogens (tertiary/aromatic N) is 8. The fourth-order valence-electron chi connectivity index (χ4n) is 5.35. The molecule has 52 heavy (non-hydrogen) atoms. The van der Waals surface area contributed by atoms with Gasteiger partial charge in [-0.2, -0.15) is 10.5 Å². The number of hydrogen-bond donors (Lipinski definition) is 0. The molecular formula is C40H30Cl2Cu2N8. The molecule has 0 saturated carbocycles. The minimum absolute atomic E-state index is 0. The molecule has 7 rings (SSSR count). The molecule has 0 aliphatic carbocycles. The Kier molecular flexibility index (Phi) is 20.0. The zero-order valence-corrected chi connectivity index (χ0v) is 31.2. The summed E-state index contributed by atoms with van der Waals surface area (Å²) >= 11 is 0. The van der Waals surface area contributed by atoms with Gasteiger partial charge in [-0.1, -0.05) is 36.4 Å². The Bertz CT molecular complexity index is 1750. The van der Waals surface area contributed by atoms with E-state index in [-0.39, 0.29) is 59.0 Å². The van der Waals surface area contributed by atoms with E-state index < -0.39 is 0 Å². The van der Waals surface area contributed by atoms with E-state index >= 15 is 0 Å². The van der Waals surface area contributed by atoms with Crippen LogP contribution in [-0.4, -0.2) is 29.9 Å². The molecule has 12 heteroatoms. The van der Waals surface area contributed by atoms with E-state index in [0.717, 1.165) is 67.5 Å². The number of rotatable bonds is 6. The van der Waals surface area contributed by atoms with Gasteiger partial charge < -0.3 is 24.8 Å². The van der Waals surface area contributed by atoms with Gasteiger partial charge >= 0.3 is 34.1 Å². The number of hydrogen-bond acceptors (Lipinski definition) is 8. The van der Waals surface area contributed by atoms with Crippen LogP contribution in [0.4, 0.5) is 0 Å². The van der Waals surface area contributed by atoms with Gasteiger partial charge in [0.25, 0.3) is 0 Å². The van der Waals surface area contributed by atoms with Crippen LogP contribution in [0.2, 0.25) is 0 Å². The van der Waals surface area contributed by atoms with Crippen LogP contribution in [0.15, 0.2) is 146 Å². The molecule has 0 aliphatic rings. The quantitative estimate of drug-likeness (QED) is 0.235. The Balaban J connectivity index is 0.00000127. The Morgan fingerprint density at radius 2 is 0.462 bits per heavy atom. The Labute approximate surface area is 337 Å². The number of aromatic nitrogens is 6. The van der Waals surface area contributed by atoms with E-state index in [4.69, 9.17) is 40.4 Å². The molecule has 0 atom stereocenters. The topological polar surface area (TPSA) is 125 Å². The molecule has 6 heterocycles. The molecule has 0 saturated heterocycles. The second kappa shape index (κ2) is 23.2. The van der Waals surface area contributed by atoms with Crippen molar-refractivity contribution in [2.45, 2.75) is 13.8 Å². The minimum atomic E-state index is 0. The molecule has 0 N–H and O–H groups in total. The summed E-state index contributed by atoms with van der Waals surface area (Å²) in [5.41, 5.74) is 10.1. The second-order valence-corrected chi connectivity index (χ2v) is 9.99. The molecule has 0 spiro atoms. The standard InChI is InChI=1S/C36H24N6.2C2H3N.2ClH.2Cu/c1-7-19-37-25(13-1)31-32(26-14-2-8-20-38-26)34(28-16-4-10-22-40-28)36(30-18-6-12-24-42-30)35(29-17-5-11-23-41-29)33(31)27-15-3-9-21-39-27;2*1-2-3;;;;/h1-24H;2*1H3;2*1H;;/q;;;;;2*+1/p-2. The summed E-state index contributed by atoms with van der Waals surface area (Å²) in [4.78, 5) is 29.3. The summed E-state index contributed by atoms with van der Waals surface area (Å²) in [6, 6.07) is 39.2. The van der Waals surface area contributed by atoms with Crippen LogP contribution >= 0.6 is 0 Å². The summed E-state index contributed by atoms with van der Waals surface area (Å²) in [6.07, 6.45) is 10.9. The van der Waals surface area contributed by atoms with Crippen molar-refractivity contribution < 1.29 is 59.0 Å². The summed E-state index contributed by atoms with van der Waals surface area (Å²) in [6.45, 7) is 2.86. The van der Waals surface area contributed by atoms with Crippen molar-refractivity contribution in [3.05, 3.63) is 146 Å². The molecule has 0 radical (unpaired) electrons. The van der Waals surface area contributed by atoms with Crippen LogP contribution in [-0.2, 0) is 34.1 Å². The van der Waals surface area contributed by atoms with Crippen molar-refractivity contribution in [3.63, 3.8) is 0 Å². The molecule has 0 aliphatic heterocycles. The van der Waals surface area contributed by atoms with Crippen LogP contribution < -0.4 is 24.8 Å². The van der Waals surface area contributed by atoms with Gasteiger partial charge in [0.1, 0.15) is 0 Å². The van der Waals surface area contributed by atoms with E-state index in [1.165, 1.54) is 13.8 Å². The van der Waals surface area contributed by atoms with E-state index in [1.807, 2.05) is 146 Å². The Morgan fingerprint density at radius 1 is 0.327 bits per heavy atom. The first-order chi connectivity index (χ1) is 23.7. The number of nitriles is 2. The fraction of sp³-hybridized carbons (Fsp3) is 0.0500. The van der Waals surface area contributed by atoms with Crippen molar-refractivity contribution in [1.29, 1.82) is 10.5 Å². The molecule has 1 aromatic carbocycles. The largest absolute Gasteiger partial charge is 1.00 e. The number of benzene rings is 1. The van der Waals surface area contributed by atoms with Gasteiger partial charge in [0, 0.05) is 84.4 Å². The maximum absolute atomic E-state index is 7.32. The van der Waals surface area contributed by atoms with Gasteiger partial charge in [-0.25, -0.2) is 0 Å². The van der Waals surface area contributed by atoms with E-state index in [1.54, 1.807) is 12.1 Å². The van der Waals surface area contributed by atoms with Gasteiger partial charge in [-0.05, 0) is 72.8 Å². The van der Waals surface area contributed by atoms with E-state index in [9.17, 15) is 0 Å². The Morgan fingerprint density at radius 3 is 0.558 bits per heavy atom. The first-order valence-corrected chi connectivity index (χ1v) is 15.1. The SMILES string of the molecule is CC#N.CC#N.[Cl-].[Cl-].[Cu+].[Cu+].c1ccc(-c2c(-c3ccccn3)c(-c3ccccn3)c(-c3ccccn3)c(-c3ccccn3)c2-c2ccccn2)nc1. The average molecular weight is 821 g/mol. The molecule has 0 fully saturated rings. The fourth-order valence-corrected chi connectivity index (χ4v) is 5.35. The summed E-state index contributed by atoms with van der Waals surface area (Å²) in [5.74, 6) is 0. The molecule has 6 aromatic heterocycles. The van der Waals surface area contributed by atoms with Gasteiger partial charge in [0.15, 0.2) is 0 Å².